The molecule has 1 aromatic heterocycles. The van der Waals surface area contributed by atoms with E-state index >= 15 is 0 Å². The van der Waals surface area contributed by atoms with E-state index in [0.717, 1.165) is 11.6 Å². The van der Waals surface area contributed by atoms with Gasteiger partial charge in [0.25, 0.3) is 0 Å². The van der Waals surface area contributed by atoms with Gasteiger partial charge in [0.15, 0.2) is 23.4 Å². The number of H-pyrrole nitrogens is 1. The van der Waals surface area contributed by atoms with E-state index in [4.69, 9.17) is 14.2 Å². The molecule has 3 aromatic rings. The Labute approximate surface area is 139 Å². The fourth-order valence-corrected chi connectivity index (χ4v) is 2.57. The van der Waals surface area contributed by atoms with Crippen LogP contribution in [0.4, 0.5) is 0 Å². The van der Waals surface area contributed by atoms with Gasteiger partial charge in [-0.15, -0.1) is 0 Å². The molecule has 2 aromatic carbocycles. The number of nitrogens with one attached hydrogen (secondary N) is 1. The van der Waals surface area contributed by atoms with Crippen molar-refractivity contribution in [3.8, 4) is 17.2 Å². The topological polar surface area (TPSA) is 69.3 Å². The number of ether oxygens (including phenoxy) is 3. The van der Waals surface area contributed by atoms with Crippen LogP contribution < -0.4 is 14.2 Å². The largest absolute Gasteiger partial charge is 0.483 e. The lowest BCUT2D eigenvalue weighted by Crippen LogP contribution is -2.05. The van der Waals surface area contributed by atoms with Crippen LogP contribution in [0.25, 0.3) is 0 Å². The van der Waals surface area contributed by atoms with Crippen molar-refractivity contribution in [3.63, 3.8) is 0 Å². The number of benzene rings is 2. The molecule has 0 bridgehead atoms. The van der Waals surface area contributed by atoms with E-state index in [0.29, 0.717) is 23.7 Å². The van der Waals surface area contributed by atoms with Gasteiger partial charge in [-0.1, -0.05) is 30.3 Å². The summed E-state index contributed by atoms with van der Waals surface area (Å²) in [5, 5.41) is 7.24. The summed E-state index contributed by atoms with van der Waals surface area (Å²) in [6.45, 7) is 2.16. The summed E-state index contributed by atoms with van der Waals surface area (Å²) in [7, 11) is 0. The van der Waals surface area contributed by atoms with E-state index in [1.165, 1.54) is 5.56 Å². The molecule has 1 unspecified atom stereocenters. The van der Waals surface area contributed by atoms with Gasteiger partial charge in [-0.2, -0.15) is 5.10 Å². The minimum atomic E-state index is -0.272. The maximum absolute atomic E-state index is 5.91. The molecule has 6 heteroatoms. The van der Waals surface area contributed by atoms with Crippen molar-refractivity contribution < 1.29 is 14.2 Å². The van der Waals surface area contributed by atoms with Gasteiger partial charge in [0.2, 0.25) is 6.79 Å². The molecule has 1 N–H and O–H groups in total. The van der Waals surface area contributed by atoms with Crippen molar-refractivity contribution in [3.05, 3.63) is 65.7 Å². The molecule has 1 atom stereocenters. The lowest BCUT2D eigenvalue weighted by atomic mass is 10.1. The first-order chi connectivity index (χ1) is 11.8. The summed E-state index contributed by atoms with van der Waals surface area (Å²) in [6.07, 6.45) is 0.441. The van der Waals surface area contributed by atoms with E-state index in [1.807, 2.05) is 43.3 Å². The smallest absolute Gasteiger partial charge is 0.231 e. The molecule has 24 heavy (non-hydrogen) atoms. The summed E-state index contributed by atoms with van der Waals surface area (Å²) in [4.78, 5) is 4.53. The van der Waals surface area contributed by atoms with Crippen molar-refractivity contribution in [2.45, 2.75) is 19.4 Å². The van der Waals surface area contributed by atoms with Crippen LogP contribution in [0, 0.1) is 0 Å². The van der Waals surface area contributed by atoms with Gasteiger partial charge in [0.05, 0.1) is 0 Å². The summed E-state index contributed by atoms with van der Waals surface area (Å²) >= 11 is 0. The quantitative estimate of drug-likeness (QED) is 0.780. The second kappa shape index (κ2) is 6.23. The molecule has 0 saturated carbocycles. The van der Waals surface area contributed by atoms with Crippen LogP contribution in [0.15, 0.2) is 48.5 Å². The molecule has 1 aliphatic heterocycles. The molecule has 6 nitrogen and oxygen atoms in total. The van der Waals surface area contributed by atoms with Gasteiger partial charge >= 0.3 is 0 Å². The zero-order valence-electron chi connectivity index (χ0n) is 13.2. The zero-order valence-corrected chi connectivity index (χ0v) is 13.2. The average Bonchev–Trinajstić information content (AvgIpc) is 3.24. The predicted octanol–water partition coefficient (Wildman–Crippen LogP) is 3.26. The molecule has 0 aliphatic carbocycles. The summed E-state index contributed by atoms with van der Waals surface area (Å²) in [6, 6.07) is 15.6. The molecule has 122 valence electrons. The van der Waals surface area contributed by atoms with Gasteiger partial charge in [-0.05, 0) is 24.6 Å². The standard InChI is InChI=1S/C18H17N3O3/c1-12(24-14-7-8-15-16(10-14)23-11-22-15)18-19-17(20-21-18)9-13-5-3-2-4-6-13/h2-8,10,12H,9,11H2,1H3,(H,19,20,21). The van der Waals surface area contributed by atoms with Crippen LogP contribution >= 0.6 is 0 Å². The average molecular weight is 323 g/mol. The van der Waals surface area contributed by atoms with Gasteiger partial charge in [-0.25, -0.2) is 4.98 Å². The normalized spacial score (nSPS) is 13.7. The van der Waals surface area contributed by atoms with E-state index in [1.54, 1.807) is 0 Å². The molecule has 1 aliphatic rings. The molecule has 0 radical (unpaired) electrons. The lowest BCUT2D eigenvalue weighted by Gasteiger charge is -2.11. The van der Waals surface area contributed by atoms with E-state index < -0.39 is 0 Å². The van der Waals surface area contributed by atoms with Crippen LogP contribution in [-0.2, 0) is 6.42 Å². The Hall–Kier alpha value is -3.02. The van der Waals surface area contributed by atoms with E-state index in [9.17, 15) is 0 Å². The third-order valence-electron chi connectivity index (χ3n) is 3.78. The van der Waals surface area contributed by atoms with E-state index in [2.05, 4.69) is 27.3 Å². The van der Waals surface area contributed by atoms with Crippen LogP contribution in [0.5, 0.6) is 17.2 Å². The Balaban J connectivity index is 1.44. The monoisotopic (exact) mass is 323 g/mol. The minimum absolute atomic E-state index is 0.248. The van der Waals surface area contributed by atoms with Crippen LogP contribution in [0.1, 0.15) is 30.2 Å². The maximum Gasteiger partial charge on any atom is 0.231 e. The highest BCUT2D eigenvalue weighted by molar-refractivity contribution is 5.46. The molecule has 4 rings (SSSR count). The van der Waals surface area contributed by atoms with Crippen LogP contribution in [0.2, 0.25) is 0 Å². The summed E-state index contributed by atoms with van der Waals surface area (Å²) in [5.41, 5.74) is 1.18. The highest BCUT2D eigenvalue weighted by Crippen LogP contribution is 2.36. The number of fused-ring (bicyclic) bond motifs is 1. The molecule has 0 saturated heterocycles. The Bertz CT molecular complexity index is 833. The Kier molecular flexibility index (Phi) is 3.78. The number of aromatic amines is 1. The zero-order chi connectivity index (χ0) is 16.4. The Morgan fingerprint density at radius 1 is 1.12 bits per heavy atom. The first kappa shape index (κ1) is 14.6. The molecular weight excluding hydrogens is 306 g/mol. The molecule has 0 fully saturated rings. The molecular formula is C18H17N3O3. The molecule has 2 heterocycles. The molecule has 0 spiro atoms. The number of aromatic nitrogens is 3. The van der Waals surface area contributed by atoms with Crippen LogP contribution in [-0.4, -0.2) is 22.0 Å². The fourth-order valence-electron chi connectivity index (χ4n) is 2.57. The minimum Gasteiger partial charge on any atom is -0.483 e. The number of hydrogen-bond donors (Lipinski definition) is 1. The van der Waals surface area contributed by atoms with Crippen molar-refractivity contribution in [2.24, 2.45) is 0 Å². The van der Waals surface area contributed by atoms with Crippen molar-refractivity contribution in [2.75, 3.05) is 6.79 Å². The molecule has 0 amide bonds. The van der Waals surface area contributed by atoms with Gasteiger partial charge in [0, 0.05) is 12.5 Å². The number of rotatable bonds is 5. The summed E-state index contributed by atoms with van der Waals surface area (Å²) < 4.78 is 16.6. The number of nitrogens with zero attached hydrogens (tertiary/aromatic N) is 2. The van der Waals surface area contributed by atoms with Crippen molar-refractivity contribution in [1.82, 2.24) is 15.2 Å². The second-order valence-electron chi connectivity index (χ2n) is 5.58. The summed E-state index contributed by atoms with van der Waals surface area (Å²) in [5.74, 6) is 3.56. The third kappa shape index (κ3) is 3.03. The van der Waals surface area contributed by atoms with Gasteiger partial charge in [-0.3, -0.25) is 5.10 Å². The fraction of sp³-hybridized carbons (Fsp3) is 0.222. The Morgan fingerprint density at radius 2 is 1.96 bits per heavy atom. The van der Waals surface area contributed by atoms with Crippen molar-refractivity contribution in [1.29, 1.82) is 0 Å². The maximum atomic E-state index is 5.91. The lowest BCUT2D eigenvalue weighted by molar-refractivity contribution is 0.173. The first-order valence-corrected chi connectivity index (χ1v) is 7.79. The second-order valence-corrected chi connectivity index (χ2v) is 5.58. The van der Waals surface area contributed by atoms with Crippen LogP contribution in [0.3, 0.4) is 0 Å². The third-order valence-corrected chi connectivity index (χ3v) is 3.78. The highest BCUT2D eigenvalue weighted by atomic mass is 16.7. The SMILES string of the molecule is CC(Oc1ccc2c(c1)OCO2)c1n[nH]c(Cc2ccccc2)n1. The number of hydrogen-bond acceptors (Lipinski definition) is 5. The first-order valence-electron chi connectivity index (χ1n) is 7.79. The van der Waals surface area contributed by atoms with E-state index in [-0.39, 0.29) is 12.9 Å². The van der Waals surface area contributed by atoms with Gasteiger partial charge < -0.3 is 14.2 Å². The van der Waals surface area contributed by atoms with Crippen molar-refractivity contribution >= 4 is 0 Å². The predicted molar refractivity (Wildman–Crippen MR) is 87.2 cm³/mol. The van der Waals surface area contributed by atoms with Gasteiger partial charge in [0.1, 0.15) is 11.6 Å². The Morgan fingerprint density at radius 3 is 2.83 bits per heavy atom. The highest BCUT2D eigenvalue weighted by Gasteiger charge is 2.17.